The minimum atomic E-state index is 0.845. The Morgan fingerprint density at radius 2 is 2.12 bits per heavy atom. The number of nitrogens with one attached hydrogen (secondary N) is 1. The van der Waals surface area contributed by atoms with Gasteiger partial charge in [0.05, 0.1) is 12.8 Å². The molecule has 0 aliphatic heterocycles. The number of hydrogen-bond acceptors (Lipinski definition) is 3. The fourth-order valence-corrected chi connectivity index (χ4v) is 1.84. The molecule has 98 valence electrons. The zero-order valence-corrected chi connectivity index (χ0v) is 11.5. The summed E-state index contributed by atoms with van der Waals surface area (Å²) in [6, 6.07) is 2.09. The Kier molecular flexibility index (Phi) is 6.97. The number of unbranched alkanes of at least 4 members (excludes halogenated alkanes) is 1. The molecule has 0 spiro atoms. The average Bonchev–Trinajstić information content (AvgIpc) is 2.74. The predicted octanol–water partition coefficient (Wildman–Crippen LogP) is 3.01. The highest BCUT2D eigenvalue weighted by Gasteiger charge is 2.08. The topological polar surface area (TPSA) is 28.4 Å². The van der Waals surface area contributed by atoms with Crippen LogP contribution in [0.5, 0.6) is 0 Å². The van der Waals surface area contributed by atoms with Crippen molar-refractivity contribution in [1.82, 2.24) is 10.2 Å². The molecule has 0 radical (unpaired) electrons. The summed E-state index contributed by atoms with van der Waals surface area (Å²) in [5.41, 5.74) is 1.31. The molecule has 1 N–H and O–H groups in total. The van der Waals surface area contributed by atoms with E-state index in [2.05, 4.69) is 37.2 Å². The van der Waals surface area contributed by atoms with Gasteiger partial charge in [0.2, 0.25) is 0 Å². The molecule has 0 aliphatic carbocycles. The molecule has 17 heavy (non-hydrogen) atoms. The highest BCUT2D eigenvalue weighted by Crippen LogP contribution is 2.12. The van der Waals surface area contributed by atoms with Crippen LogP contribution in [-0.2, 0) is 13.1 Å². The third-order valence-corrected chi connectivity index (χ3v) is 2.88. The quantitative estimate of drug-likeness (QED) is 0.670. The molecule has 0 bridgehead atoms. The van der Waals surface area contributed by atoms with Gasteiger partial charge in [0.25, 0.3) is 0 Å². The van der Waals surface area contributed by atoms with Gasteiger partial charge in [-0.3, -0.25) is 0 Å². The molecule has 3 nitrogen and oxygen atoms in total. The van der Waals surface area contributed by atoms with Crippen LogP contribution in [0, 0.1) is 0 Å². The summed E-state index contributed by atoms with van der Waals surface area (Å²) >= 11 is 0. The number of hydrogen-bond donors (Lipinski definition) is 1. The lowest BCUT2D eigenvalue weighted by Gasteiger charge is -2.15. The summed E-state index contributed by atoms with van der Waals surface area (Å²) in [6.45, 7) is 8.44. The van der Waals surface area contributed by atoms with Gasteiger partial charge in [0.1, 0.15) is 5.76 Å². The molecule has 1 aromatic heterocycles. The largest absolute Gasteiger partial charge is 0.468 e. The van der Waals surface area contributed by atoms with Crippen LogP contribution in [0.25, 0.3) is 0 Å². The van der Waals surface area contributed by atoms with Gasteiger partial charge in [0, 0.05) is 12.1 Å². The van der Waals surface area contributed by atoms with E-state index in [1.54, 1.807) is 6.26 Å². The van der Waals surface area contributed by atoms with Crippen molar-refractivity contribution in [2.45, 2.75) is 46.2 Å². The molecule has 0 amide bonds. The van der Waals surface area contributed by atoms with Gasteiger partial charge in [-0.05, 0) is 39.0 Å². The second-order valence-electron chi connectivity index (χ2n) is 4.64. The van der Waals surface area contributed by atoms with E-state index in [-0.39, 0.29) is 0 Å². The number of furan rings is 1. The highest BCUT2D eigenvalue weighted by molar-refractivity contribution is 5.16. The van der Waals surface area contributed by atoms with Crippen LogP contribution in [0.2, 0.25) is 0 Å². The molecule has 1 aromatic rings. The van der Waals surface area contributed by atoms with Crippen molar-refractivity contribution in [3.8, 4) is 0 Å². The van der Waals surface area contributed by atoms with Crippen LogP contribution >= 0.6 is 0 Å². The van der Waals surface area contributed by atoms with Gasteiger partial charge in [-0.25, -0.2) is 0 Å². The van der Waals surface area contributed by atoms with Crippen molar-refractivity contribution in [1.29, 1.82) is 0 Å². The molecular weight excluding hydrogens is 212 g/mol. The minimum absolute atomic E-state index is 0.845. The first kappa shape index (κ1) is 14.3. The first-order chi connectivity index (χ1) is 8.27. The average molecular weight is 238 g/mol. The lowest BCUT2D eigenvalue weighted by atomic mass is 10.2. The van der Waals surface area contributed by atoms with E-state index in [0.717, 1.165) is 38.4 Å². The second kappa shape index (κ2) is 8.31. The third-order valence-electron chi connectivity index (χ3n) is 2.88. The van der Waals surface area contributed by atoms with Crippen LogP contribution < -0.4 is 5.32 Å². The Morgan fingerprint density at radius 3 is 2.82 bits per heavy atom. The lowest BCUT2D eigenvalue weighted by molar-refractivity contribution is 0.316. The molecule has 3 heteroatoms. The van der Waals surface area contributed by atoms with E-state index >= 15 is 0 Å². The first-order valence-corrected chi connectivity index (χ1v) is 6.72. The third kappa shape index (κ3) is 5.37. The van der Waals surface area contributed by atoms with Gasteiger partial charge < -0.3 is 14.6 Å². The van der Waals surface area contributed by atoms with Gasteiger partial charge in [-0.1, -0.05) is 20.3 Å². The van der Waals surface area contributed by atoms with Crippen molar-refractivity contribution in [2.75, 3.05) is 20.1 Å². The number of rotatable bonds is 9. The van der Waals surface area contributed by atoms with E-state index < -0.39 is 0 Å². The molecule has 1 rings (SSSR count). The summed E-state index contributed by atoms with van der Waals surface area (Å²) in [7, 11) is 2.17. The Labute approximate surface area is 105 Å². The molecule has 0 aliphatic rings. The fraction of sp³-hybridized carbons (Fsp3) is 0.714. The van der Waals surface area contributed by atoms with Crippen LogP contribution in [0.4, 0.5) is 0 Å². The van der Waals surface area contributed by atoms with Crippen LogP contribution in [0.3, 0.4) is 0 Å². The Hall–Kier alpha value is -0.800. The maximum absolute atomic E-state index is 5.53. The Balaban J connectivity index is 2.39. The normalized spacial score (nSPS) is 11.3. The minimum Gasteiger partial charge on any atom is -0.468 e. The standard InChI is InChI=1S/C14H26N2O/c1-4-6-9-16(3)12-13-7-10-17-14(13)11-15-8-5-2/h7,10,15H,4-6,8-9,11-12H2,1-3H3. The van der Waals surface area contributed by atoms with E-state index in [9.17, 15) is 0 Å². The van der Waals surface area contributed by atoms with Gasteiger partial charge >= 0.3 is 0 Å². The maximum atomic E-state index is 5.53. The van der Waals surface area contributed by atoms with Crippen molar-refractivity contribution < 1.29 is 4.42 Å². The summed E-state index contributed by atoms with van der Waals surface area (Å²) in [4.78, 5) is 2.36. The molecule has 1 heterocycles. The Bertz CT molecular complexity index is 296. The zero-order valence-electron chi connectivity index (χ0n) is 11.5. The molecule has 0 aromatic carbocycles. The van der Waals surface area contributed by atoms with Gasteiger partial charge in [-0.2, -0.15) is 0 Å². The molecule has 0 saturated heterocycles. The summed E-state index contributed by atoms with van der Waals surface area (Å²) < 4.78 is 5.53. The van der Waals surface area contributed by atoms with Crippen molar-refractivity contribution in [2.24, 2.45) is 0 Å². The van der Waals surface area contributed by atoms with Gasteiger partial charge in [0.15, 0.2) is 0 Å². The SMILES string of the molecule is CCCCN(C)Cc1ccoc1CNCCC. The molecule has 0 atom stereocenters. The van der Waals surface area contributed by atoms with E-state index in [4.69, 9.17) is 4.42 Å². The fourth-order valence-electron chi connectivity index (χ4n) is 1.84. The second-order valence-corrected chi connectivity index (χ2v) is 4.64. The van der Waals surface area contributed by atoms with E-state index in [1.165, 1.54) is 18.4 Å². The van der Waals surface area contributed by atoms with Crippen LogP contribution in [-0.4, -0.2) is 25.0 Å². The monoisotopic (exact) mass is 238 g/mol. The van der Waals surface area contributed by atoms with Crippen molar-refractivity contribution in [3.63, 3.8) is 0 Å². The summed E-state index contributed by atoms with van der Waals surface area (Å²) in [5, 5.41) is 3.38. The molecular formula is C14H26N2O. The van der Waals surface area contributed by atoms with E-state index in [0.29, 0.717) is 0 Å². The molecule has 0 saturated carbocycles. The lowest BCUT2D eigenvalue weighted by Crippen LogP contribution is -2.20. The van der Waals surface area contributed by atoms with E-state index in [1.807, 2.05) is 0 Å². The number of nitrogens with zero attached hydrogens (tertiary/aromatic N) is 1. The molecule has 0 fully saturated rings. The van der Waals surface area contributed by atoms with Crippen molar-refractivity contribution >= 4 is 0 Å². The highest BCUT2D eigenvalue weighted by atomic mass is 16.3. The zero-order chi connectivity index (χ0) is 12.5. The van der Waals surface area contributed by atoms with Gasteiger partial charge in [-0.15, -0.1) is 0 Å². The smallest absolute Gasteiger partial charge is 0.122 e. The first-order valence-electron chi connectivity index (χ1n) is 6.72. The van der Waals surface area contributed by atoms with Crippen LogP contribution in [0.15, 0.2) is 16.7 Å². The van der Waals surface area contributed by atoms with Crippen LogP contribution in [0.1, 0.15) is 44.4 Å². The summed E-state index contributed by atoms with van der Waals surface area (Å²) in [6.07, 6.45) is 5.47. The van der Waals surface area contributed by atoms with Crippen molar-refractivity contribution in [3.05, 3.63) is 23.7 Å². The molecule has 0 unspecified atom stereocenters. The summed E-state index contributed by atoms with van der Waals surface area (Å²) in [5.74, 6) is 1.08. The maximum Gasteiger partial charge on any atom is 0.122 e. The predicted molar refractivity (Wildman–Crippen MR) is 71.9 cm³/mol. The Morgan fingerprint density at radius 1 is 1.29 bits per heavy atom.